The van der Waals surface area contributed by atoms with Crippen molar-refractivity contribution >= 4 is 17.6 Å². The Labute approximate surface area is 134 Å². The summed E-state index contributed by atoms with van der Waals surface area (Å²) in [6, 6.07) is 11.7. The molecule has 120 valence electrons. The summed E-state index contributed by atoms with van der Waals surface area (Å²) in [5.74, 6) is -0.281. The number of ether oxygens (including phenoxy) is 3. The van der Waals surface area contributed by atoms with E-state index in [4.69, 9.17) is 14.2 Å². The first-order valence-electron chi connectivity index (χ1n) is 6.81. The molecular weight excluding hydrogens is 298 g/mol. The van der Waals surface area contributed by atoms with E-state index in [1.807, 2.05) is 6.07 Å². The van der Waals surface area contributed by atoms with Crippen LogP contribution in [0, 0.1) is 0 Å². The second-order valence-electron chi connectivity index (χ2n) is 4.56. The van der Waals surface area contributed by atoms with Crippen LogP contribution in [0.25, 0.3) is 0 Å². The quantitative estimate of drug-likeness (QED) is 0.859. The minimum absolute atomic E-state index is 0.125. The van der Waals surface area contributed by atoms with Crippen molar-refractivity contribution in [1.82, 2.24) is 0 Å². The number of benzene rings is 2. The van der Waals surface area contributed by atoms with E-state index >= 15 is 0 Å². The summed E-state index contributed by atoms with van der Waals surface area (Å²) in [7, 11) is 4.16. The summed E-state index contributed by atoms with van der Waals surface area (Å²) in [5, 5.41) is 2.69. The number of rotatable bonds is 5. The van der Waals surface area contributed by atoms with Crippen LogP contribution in [0.5, 0.6) is 11.5 Å². The first-order valence-corrected chi connectivity index (χ1v) is 6.81. The van der Waals surface area contributed by atoms with Crippen LogP contribution in [0.15, 0.2) is 42.5 Å². The van der Waals surface area contributed by atoms with E-state index in [2.05, 4.69) is 5.32 Å². The van der Waals surface area contributed by atoms with Crippen LogP contribution in [-0.2, 0) is 4.74 Å². The van der Waals surface area contributed by atoms with Gasteiger partial charge in [-0.2, -0.15) is 0 Å². The number of anilines is 1. The van der Waals surface area contributed by atoms with Gasteiger partial charge in [-0.3, -0.25) is 4.79 Å². The largest absolute Gasteiger partial charge is 0.497 e. The van der Waals surface area contributed by atoms with Gasteiger partial charge in [-0.25, -0.2) is 4.79 Å². The van der Waals surface area contributed by atoms with E-state index in [-0.39, 0.29) is 22.9 Å². The highest BCUT2D eigenvalue weighted by Gasteiger charge is 2.21. The van der Waals surface area contributed by atoms with Crippen molar-refractivity contribution < 1.29 is 23.8 Å². The van der Waals surface area contributed by atoms with E-state index in [1.165, 1.54) is 27.4 Å². The number of carbonyl (C=O) groups is 2. The van der Waals surface area contributed by atoms with Gasteiger partial charge in [0.15, 0.2) is 0 Å². The Hall–Kier alpha value is -3.02. The Balaban J connectivity index is 2.46. The molecule has 0 saturated heterocycles. The molecule has 6 heteroatoms. The lowest BCUT2D eigenvalue weighted by atomic mass is 10.1. The number of nitrogens with one attached hydrogen (secondary N) is 1. The molecule has 0 bridgehead atoms. The maximum Gasteiger partial charge on any atom is 0.343 e. The summed E-state index contributed by atoms with van der Waals surface area (Å²) in [6.07, 6.45) is 0. The number of hydrogen-bond acceptors (Lipinski definition) is 5. The Morgan fingerprint density at radius 1 is 0.957 bits per heavy atom. The number of methoxy groups -OCH3 is 3. The van der Waals surface area contributed by atoms with Crippen LogP contribution in [0.3, 0.4) is 0 Å². The molecule has 1 N–H and O–H groups in total. The van der Waals surface area contributed by atoms with E-state index in [9.17, 15) is 9.59 Å². The molecule has 0 aliphatic heterocycles. The van der Waals surface area contributed by atoms with Crippen LogP contribution in [0.4, 0.5) is 5.69 Å². The molecule has 1 amide bonds. The minimum Gasteiger partial charge on any atom is -0.497 e. The zero-order valence-electron chi connectivity index (χ0n) is 13.1. The molecule has 0 fully saturated rings. The van der Waals surface area contributed by atoms with Gasteiger partial charge in [0.1, 0.15) is 17.1 Å². The summed E-state index contributed by atoms with van der Waals surface area (Å²) in [6.45, 7) is 0. The van der Waals surface area contributed by atoms with Gasteiger partial charge in [0.2, 0.25) is 0 Å². The van der Waals surface area contributed by atoms with Crippen molar-refractivity contribution in [2.45, 2.75) is 0 Å². The lowest BCUT2D eigenvalue weighted by Crippen LogP contribution is -2.16. The highest BCUT2D eigenvalue weighted by atomic mass is 16.5. The molecule has 2 aromatic rings. The maximum absolute atomic E-state index is 12.3. The lowest BCUT2D eigenvalue weighted by molar-refractivity contribution is 0.0598. The van der Waals surface area contributed by atoms with E-state index in [0.717, 1.165) is 0 Å². The van der Waals surface area contributed by atoms with E-state index in [1.54, 1.807) is 30.3 Å². The molecule has 0 aromatic heterocycles. The van der Waals surface area contributed by atoms with Crippen LogP contribution in [0.1, 0.15) is 20.7 Å². The Morgan fingerprint density at radius 2 is 1.65 bits per heavy atom. The fourth-order valence-corrected chi connectivity index (χ4v) is 2.06. The molecule has 0 atom stereocenters. The first-order chi connectivity index (χ1) is 11.1. The minimum atomic E-state index is -0.618. The Bertz CT molecular complexity index is 712. The third-order valence-electron chi connectivity index (χ3n) is 3.20. The van der Waals surface area contributed by atoms with Gasteiger partial charge in [0.05, 0.1) is 27.0 Å². The van der Waals surface area contributed by atoms with Gasteiger partial charge in [-0.05, 0) is 12.1 Å². The monoisotopic (exact) mass is 315 g/mol. The highest BCUT2D eigenvalue weighted by molar-refractivity contribution is 6.09. The predicted molar refractivity (Wildman–Crippen MR) is 85.3 cm³/mol. The number of esters is 1. The smallest absolute Gasteiger partial charge is 0.343 e. The lowest BCUT2D eigenvalue weighted by Gasteiger charge is -2.15. The van der Waals surface area contributed by atoms with Crippen molar-refractivity contribution in [3.05, 3.63) is 53.6 Å². The number of carbonyl (C=O) groups excluding carboxylic acids is 2. The molecule has 0 spiro atoms. The van der Waals surface area contributed by atoms with Crippen LogP contribution < -0.4 is 14.8 Å². The van der Waals surface area contributed by atoms with Crippen molar-refractivity contribution in [1.29, 1.82) is 0 Å². The standard InChI is InChI=1S/C17H17NO5/c1-21-12-9-13(15(17(20)23-3)14(10-12)22-2)18-16(19)11-7-5-4-6-8-11/h4-10H,1-3H3,(H,18,19). The van der Waals surface area contributed by atoms with Crippen molar-refractivity contribution in [3.63, 3.8) is 0 Å². The average molecular weight is 315 g/mol. The van der Waals surface area contributed by atoms with Gasteiger partial charge in [0.25, 0.3) is 5.91 Å². The zero-order valence-corrected chi connectivity index (χ0v) is 13.1. The topological polar surface area (TPSA) is 73.9 Å². The summed E-state index contributed by atoms with van der Waals surface area (Å²) >= 11 is 0. The molecule has 2 rings (SSSR count). The molecule has 0 saturated carbocycles. The van der Waals surface area contributed by atoms with Crippen LogP contribution in [0.2, 0.25) is 0 Å². The van der Waals surface area contributed by atoms with Gasteiger partial charge >= 0.3 is 5.97 Å². The first kappa shape index (κ1) is 16.4. The second-order valence-corrected chi connectivity index (χ2v) is 4.56. The zero-order chi connectivity index (χ0) is 16.8. The molecule has 0 unspecified atom stereocenters. The molecule has 0 heterocycles. The maximum atomic E-state index is 12.3. The van der Waals surface area contributed by atoms with Gasteiger partial charge in [-0.15, -0.1) is 0 Å². The highest BCUT2D eigenvalue weighted by Crippen LogP contribution is 2.33. The number of hydrogen-bond donors (Lipinski definition) is 1. The molecule has 6 nitrogen and oxygen atoms in total. The van der Waals surface area contributed by atoms with Crippen LogP contribution in [-0.4, -0.2) is 33.2 Å². The fourth-order valence-electron chi connectivity index (χ4n) is 2.06. The average Bonchev–Trinajstić information content (AvgIpc) is 2.60. The third-order valence-corrected chi connectivity index (χ3v) is 3.20. The molecule has 2 aromatic carbocycles. The fraction of sp³-hybridized carbons (Fsp3) is 0.176. The summed E-state index contributed by atoms with van der Waals surface area (Å²) in [4.78, 5) is 24.4. The molecule has 0 aliphatic rings. The molecule has 23 heavy (non-hydrogen) atoms. The molecule has 0 radical (unpaired) electrons. The summed E-state index contributed by atoms with van der Waals surface area (Å²) < 4.78 is 15.1. The normalized spacial score (nSPS) is 9.87. The number of amides is 1. The Morgan fingerprint density at radius 3 is 2.22 bits per heavy atom. The SMILES string of the molecule is COC(=O)c1c(NC(=O)c2ccccc2)cc(OC)cc1OC. The van der Waals surface area contributed by atoms with Crippen molar-refractivity contribution in [2.24, 2.45) is 0 Å². The van der Waals surface area contributed by atoms with Crippen LogP contribution >= 0.6 is 0 Å². The van der Waals surface area contributed by atoms with E-state index < -0.39 is 5.97 Å². The predicted octanol–water partition coefficient (Wildman–Crippen LogP) is 2.74. The third kappa shape index (κ3) is 3.60. The van der Waals surface area contributed by atoms with Gasteiger partial charge < -0.3 is 19.5 Å². The van der Waals surface area contributed by atoms with Crippen molar-refractivity contribution in [3.8, 4) is 11.5 Å². The second kappa shape index (κ2) is 7.31. The van der Waals surface area contributed by atoms with Gasteiger partial charge in [-0.1, -0.05) is 18.2 Å². The molecule has 0 aliphatic carbocycles. The molecular formula is C17H17NO5. The van der Waals surface area contributed by atoms with Crippen molar-refractivity contribution in [2.75, 3.05) is 26.6 Å². The van der Waals surface area contributed by atoms with Gasteiger partial charge in [0, 0.05) is 17.7 Å². The van der Waals surface area contributed by atoms with E-state index in [0.29, 0.717) is 11.3 Å². The summed E-state index contributed by atoms with van der Waals surface area (Å²) in [5.41, 5.74) is 0.840. The Kier molecular flexibility index (Phi) is 5.19.